The quantitative estimate of drug-likeness (QED) is 0.261. The summed E-state index contributed by atoms with van der Waals surface area (Å²) in [4.78, 5) is 4.85. The molecular formula is C30H24F5NO2. The van der Waals surface area contributed by atoms with Crippen molar-refractivity contribution in [2.75, 3.05) is 0 Å². The van der Waals surface area contributed by atoms with Crippen LogP contribution in [-0.2, 0) is 30.5 Å². The Kier molecular flexibility index (Phi) is 7.27. The molecule has 0 fully saturated rings. The van der Waals surface area contributed by atoms with Crippen molar-refractivity contribution in [1.29, 1.82) is 0 Å². The Morgan fingerprint density at radius 2 is 1.53 bits per heavy atom. The van der Waals surface area contributed by atoms with Gasteiger partial charge < -0.3 is 9.84 Å². The summed E-state index contributed by atoms with van der Waals surface area (Å²) in [6.45, 7) is -0.155. The number of aryl methyl sites for hydroxylation is 1. The van der Waals surface area contributed by atoms with Gasteiger partial charge in [-0.1, -0.05) is 24.3 Å². The van der Waals surface area contributed by atoms with Gasteiger partial charge in [0.15, 0.2) is 0 Å². The number of fused-ring (bicyclic) bond motifs is 1. The van der Waals surface area contributed by atoms with Crippen LogP contribution in [0.5, 0.6) is 0 Å². The molecule has 0 amide bonds. The van der Waals surface area contributed by atoms with Crippen molar-refractivity contribution in [3.05, 3.63) is 112 Å². The molecule has 0 radical (unpaired) electrons. The summed E-state index contributed by atoms with van der Waals surface area (Å²) in [6, 6.07) is 16.6. The van der Waals surface area contributed by atoms with Gasteiger partial charge in [-0.2, -0.15) is 13.2 Å². The molecule has 1 aliphatic carbocycles. The van der Waals surface area contributed by atoms with Gasteiger partial charge in [0, 0.05) is 22.4 Å². The van der Waals surface area contributed by atoms with Crippen LogP contribution in [0, 0.1) is 11.6 Å². The maximum atomic E-state index is 13.8. The van der Waals surface area contributed by atoms with Crippen molar-refractivity contribution in [3.8, 4) is 22.4 Å². The van der Waals surface area contributed by atoms with Crippen molar-refractivity contribution >= 4 is 0 Å². The van der Waals surface area contributed by atoms with E-state index in [1.54, 1.807) is 30.3 Å². The summed E-state index contributed by atoms with van der Waals surface area (Å²) in [5, 5.41) is 11.0. The molecule has 3 aromatic carbocycles. The number of halogens is 5. The molecule has 0 saturated heterocycles. The Bertz CT molecular complexity index is 1430. The van der Waals surface area contributed by atoms with Gasteiger partial charge in [-0.15, -0.1) is 0 Å². The Balaban J connectivity index is 1.61. The number of ether oxygens (including phenoxy) is 1. The average Bonchev–Trinajstić information content (AvgIpc) is 2.89. The Hall–Kier alpha value is -3.62. The molecule has 5 rings (SSSR count). The summed E-state index contributed by atoms with van der Waals surface area (Å²) in [5.74, 6) is -0.832. The minimum Gasteiger partial charge on any atom is -0.388 e. The van der Waals surface area contributed by atoms with E-state index in [4.69, 9.17) is 9.72 Å². The topological polar surface area (TPSA) is 42.4 Å². The van der Waals surface area contributed by atoms with Crippen LogP contribution < -0.4 is 0 Å². The Morgan fingerprint density at radius 1 is 0.868 bits per heavy atom. The van der Waals surface area contributed by atoms with Crippen molar-refractivity contribution in [3.63, 3.8) is 0 Å². The third-order valence-corrected chi connectivity index (χ3v) is 6.66. The lowest BCUT2D eigenvalue weighted by Crippen LogP contribution is -2.16. The molecule has 0 aliphatic heterocycles. The van der Waals surface area contributed by atoms with E-state index in [2.05, 4.69) is 0 Å². The van der Waals surface area contributed by atoms with Crippen LogP contribution in [0.1, 0.15) is 46.9 Å². The van der Waals surface area contributed by atoms with Gasteiger partial charge in [0.2, 0.25) is 0 Å². The van der Waals surface area contributed by atoms with E-state index < -0.39 is 29.5 Å². The largest absolute Gasteiger partial charge is 0.416 e. The van der Waals surface area contributed by atoms with Crippen molar-refractivity contribution in [2.24, 2.45) is 0 Å². The molecule has 8 heteroatoms. The van der Waals surface area contributed by atoms with Crippen LogP contribution in [0.4, 0.5) is 22.0 Å². The molecule has 1 heterocycles. The summed E-state index contributed by atoms with van der Waals surface area (Å²) in [7, 11) is 0. The van der Waals surface area contributed by atoms with Crippen molar-refractivity contribution < 1.29 is 31.8 Å². The van der Waals surface area contributed by atoms with Crippen molar-refractivity contribution in [1.82, 2.24) is 4.98 Å². The second-order valence-corrected chi connectivity index (χ2v) is 9.29. The van der Waals surface area contributed by atoms with Gasteiger partial charge in [-0.25, -0.2) is 8.78 Å². The maximum absolute atomic E-state index is 13.8. The SMILES string of the molecule is OC1CCCc2nc(-c3ccc(F)cc3)c(COCc3cccc(C(F)(F)F)c3)c(-c3ccc(F)cc3)c21. The van der Waals surface area contributed by atoms with E-state index in [1.165, 1.54) is 30.3 Å². The Morgan fingerprint density at radius 3 is 2.18 bits per heavy atom. The molecule has 3 nitrogen and oxygen atoms in total. The lowest BCUT2D eigenvalue weighted by atomic mass is 9.83. The fraction of sp³-hybridized carbons (Fsp3) is 0.233. The molecule has 0 spiro atoms. The van der Waals surface area contributed by atoms with E-state index in [1.807, 2.05) is 0 Å². The van der Waals surface area contributed by atoms with Crippen LogP contribution in [0.25, 0.3) is 22.4 Å². The van der Waals surface area contributed by atoms with Gasteiger partial charge in [-0.3, -0.25) is 4.98 Å². The molecule has 4 aromatic rings. The normalized spacial score (nSPS) is 15.4. The van der Waals surface area contributed by atoms with E-state index in [9.17, 15) is 27.1 Å². The summed E-state index contributed by atoms with van der Waals surface area (Å²) in [6.07, 6.45) is -3.38. The van der Waals surface area contributed by atoms with Gasteiger partial charge in [0.05, 0.1) is 30.6 Å². The number of benzene rings is 3. The zero-order valence-electron chi connectivity index (χ0n) is 20.2. The van der Waals surface area contributed by atoms with E-state index in [0.717, 1.165) is 18.6 Å². The minimum atomic E-state index is -4.47. The van der Waals surface area contributed by atoms with E-state index in [0.29, 0.717) is 57.6 Å². The van der Waals surface area contributed by atoms with Crippen LogP contribution >= 0.6 is 0 Å². The van der Waals surface area contributed by atoms with Crippen LogP contribution in [0.3, 0.4) is 0 Å². The second kappa shape index (κ2) is 10.6. The predicted molar refractivity (Wildman–Crippen MR) is 133 cm³/mol. The summed E-state index contributed by atoms with van der Waals surface area (Å²) >= 11 is 0. The van der Waals surface area contributed by atoms with Gasteiger partial charge in [0.25, 0.3) is 0 Å². The monoisotopic (exact) mass is 525 g/mol. The molecule has 1 unspecified atom stereocenters. The first-order chi connectivity index (χ1) is 18.2. The first-order valence-electron chi connectivity index (χ1n) is 12.2. The highest BCUT2D eigenvalue weighted by Crippen LogP contribution is 2.42. The highest BCUT2D eigenvalue weighted by Gasteiger charge is 2.31. The molecule has 1 aromatic heterocycles. The Labute approximate surface area is 216 Å². The number of aliphatic hydroxyl groups excluding tert-OH is 1. The molecule has 1 atom stereocenters. The molecule has 38 heavy (non-hydrogen) atoms. The van der Waals surface area contributed by atoms with E-state index in [-0.39, 0.29) is 13.2 Å². The van der Waals surface area contributed by atoms with Crippen LogP contribution in [0.15, 0.2) is 72.8 Å². The molecule has 1 N–H and O–H groups in total. The number of aliphatic hydroxyl groups is 1. The molecule has 1 aliphatic rings. The molecular weight excluding hydrogens is 501 g/mol. The zero-order chi connectivity index (χ0) is 26.9. The van der Waals surface area contributed by atoms with Crippen molar-refractivity contribution in [2.45, 2.75) is 44.8 Å². The lowest BCUT2D eigenvalue weighted by molar-refractivity contribution is -0.137. The number of pyridine rings is 1. The number of nitrogens with zero attached hydrogens (tertiary/aromatic N) is 1. The number of hydrogen-bond acceptors (Lipinski definition) is 3. The molecule has 0 bridgehead atoms. The van der Waals surface area contributed by atoms with Gasteiger partial charge >= 0.3 is 6.18 Å². The highest BCUT2D eigenvalue weighted by atomic mass is 19.4. The third kappa shape index (κ3) is 5.47. The summed E-state index contributed by atoms with van der Waals surface area (Å²) in [5.41, 5.74) is 3.91. The first kappa shape index (κ1) is 26.0. The first-order valence-corrected chi connectivity index (χ1v) is 12.2. The summed E-state index contributed by atoms with van der Waals surface area (Å²) < 4.78 is 73.0. The van der Waals surface area contributed by atoms with Gasteiger partial charge in [-0.05, 0) is 84.5 Å². The fourth-order valence-corrected chi connectivity index (χ4v) is 4.89. The van der Waals surface area contributed by atoms with Gasteiger partial charge in [0.1, 0.15) is 11.6 Å². The standard InChI is InChI=1S/C30H24F5NO2/c31-22-11-7-19(8-12-22)27-24(17-38-16-18-3-1-4-21(15-18)30(33,34)35)29(20-9-13-23(32)14-10-20)36-25-5-2-6-26(37)28(25)27/h1,3-4,7-15,26,37H,2,5-6,16-17H2. The number of rotatable bonds is 6. The average molecular weight is 526 g/mol. The third-order valence-electron chi connectivity index (χ3n) is 6.66. The van der Waals surface area contributed by atoms with Crippen LogP contribution in [0.2, 0.25) is 0 Å². The maximum Gasteiger partial charge on any atom is 0.416 e. The second-order valence-electron chi connectivity index (χ2n) is 9.29. The highest BCUT2D eigenvalue weighted by molar-refractivity contribution is 5.80. The van der Waals surface area contributed by atoms with Crippen LogP contribution in [-0.4, -0.2) is 10.1 Å². The number of aromatic nitrogens is 1. The predicted octanol–water partition coefficient (Wildman–Crippen LogP) is 7.80. The lowest BCUT2D eigenvalue weighted by Gasteiger charge is -2.28. The zero-order valence-corrected chi connectivity index (χ0v) is 20.2. The molecule has 196 valence electrons. The fourth-order valence-electron chi connectivity index (χ4n) is 4.89. The number of hydrogen-bond donors (Lipinski definition) is 1. The van der Waals surface area contributed by atoms with E-state index >= 15 is 0 Å². The molecule has 0 saturated carbocycles. The minimum absolute atomic E-state index is 0.0529. The smallest absolute Gasteiger partial charge is 0.388 e. The number of alkyl halides is 3.